The number of halogens is 2. The Kier molecular flexibility index (Phi) is 4.79. The highest BCUT2D eigenvalue weighted by Crippen LogP contribution is 2.33. The molecule has 4 rings (SSSR count). The fraction of sp³-hybridized carbons (Fsp3) is 0.318. The summed E-state index contributed by atoms with van der Waals surface area (Å²) in [5.41, 5.74) is 1.81. The van der Waals surface area contributed by atoms with Gasteiger partial charge in [0.1, 0.15) is 5.82 Å². The molecule has 2 heterocycles. The van der Waals surface area contributed by atoms with Gasteiger partial charge in [-0.25, -0.2) is 4.39 Å². The minimum atomic E-state index is -0.674. The maximum atomic E-state index is 14.0. The molecule has 28 heavy (non-hydrogen) atoms. The number of carbonyl (C=O) groups excluding carboxylic acids is 1. The van der Waals surface area contributed by atoms with E-state index >= 15 is 0 Å². The van der Waals surface area contributed by atoms with Crippen LogP contribution in [0.25, 0.3) is 10.9 Å². The first-order chi connectivity index (χ1) is 13.4. The third-order valence-corrected chi connectivity index (χ3v) is 5.85. The second-order valence-corrected chi connectivity index (χ2v) is 8.18. The molecule has 1 amide bonds. The summed E-state index contributed by atoms with van der Waals surface area (Å²) in [6, 6.07) is 12.4. The molecule has 0 aliphatic carbocycles. The minimum Gasteiger partial charge on any atom is -0.366 e. The molecule has 146 valence electrons. The van der Waals surface area contributed by atoms with Crippen LogP contribution in [-0.2, 0) is 10.2 Å². The van der Waals surface area contributed by atoms with Gasteiger partial charge >= 0.3 is 0 Å². The third kappa shape index (κ3) is 3.24. The first-order valence-electron chi connectivity index (χ1n) is 9.44. The molecule has 1 aliphatic heterocycles. The van der Waals surface area contributed by atoms with Crippen LogP contribution in [0.4, 0.5) is 10.1 Å². The highest BCUT2D eigenvalue weighted by molar-refractivity contribution is 6.31. The van der Waals surface area contributed by atoms with E-state index in [1.54, 1.807) is 12.1 Å². The highest BCUT2D eigenvalue weighted by Gasteiger charge is 2.37. The van der Waals surface area contributed by atoms with Gasteiger partial charge in [-0.15, -0.1) is 0 Å². The number of para-hydroxylation sites is 1. The number of rotatable bonds is 3. The number of hydrogen-bond acceptors (Lipinski definition) is 2. The summed E-state index contributed by atoms with van der Waals surface area (Å²) < 4.78 is 14.0. The van der Waals surface area contributed by atoms with Crippen LogP contribution in [0.2, 0.25) is 5.02 Å². The van der Waals surface area contributed by atoms with Crippen LogP contribution in [0.3, 0.4) is 0 Å². The maximum Gasteiger partial charge on any atom is 0.232 e. The van der Waals surface area contributed by atoms with Crippen LogP contribution in [0.5, 0.6) is 0 Å². The predicted molar refractivity (Wildman–Crippen MR) is 112 cm³/mol. The van der Waals surface area contributed by atoms with Gasteiger partial charge in [0, 0.05) is 48.3 Å². The zero-order valence-corrected chi connectivity index (χ0v) is 16.8. The van der Waals surface area contributed by atoms with E-state index in [1.807, 2.05) is 54.1 Å². The molecule has 3 aromatic rings. The van der Waals surface area contributed by atoms with Crippen molar-refractivity contribution in [2.75, 3.05) is 31.1 Å². The molecule has 0 saturated carbocycles. The summed E-state index contributed by atoms with van der Waals surface area (Å²) in [6.07, 6.45) is 1.90. The van der Waals surface area contributed by atoms with E-state index in [0.29, 0.717) is 36.9 Å². The number of hydrogen-bond donors (Lipinski definition) is 1. The van der Waals surface area contributed by atoms with Crippen molar-refractivity contribution in [1.29, 1.82) is 0 Å². The third-order valence-electron chi connectivity index (χ3n) is 5.61. The summed E-state index contributed by atoms with van der Waals surface area (Å²) in [6.45, 7) is 6.29. The maximum absolute atomic E-state index is 14.0. The Hall–Kier alpha value is -2.53. The number of piperazine rings is 1. The van der Waals surface area contributed by atoms with Crippen LogP contribution in [0, 0.1) is 5.82 Å². The first kappa shape index (κ1) is 18.8. The van der Waals surface area contributed by atoms with Crippen LogP contribution in [-0.4, -0.2) is 42.0 Å². The van der Waals surface area contributed by atoms with Gasteiger partial charge in [0.15, 0.2) is 0 Å². The number of aromatic amines is 1. The molecule has 0 atom stereocenters. The lowest BCUT2D eigenvalue weighted by atomic mass is 9.82. The van der Waals surface area contributed by atoms with E-state index in [4.69, 9.17) is 11.6 Å². The lowest BCUT2D eigenvalue weighted by Crippen LogP contribution is -2.53. The van der Waals surface area contributed by atoms with Gasteiger partial charge in [0.05, 0.1) is 11.1 Å². The second kappa shape index (κ2) is 7.13. The van der Waals surface area contributed by atoms with Crippen molar-refractivity contribution in [2.45, 2.75) is 19.3 Å². The average Bonchev–Trinajstić information content (AvgIpc) is 3.12. The van der Waals surface area contributed by atoms with Gasteiger partial charge in [-0.05, 0) is 43.7 Å². The Morgan fingerprint density at radius 2 is 1.82 bits per heavy atom. The Bertz CT molecular complexity index is 1020. The van der Waals surface area contributed by atoms with Crippen LogP contribution in [0.15, 0.2) is 48.7 Å². The van der Waals surface area contributed by atoms with Gasteiger partial charge in [-0.2, -0.15) is 0 Å². The van der Waals surface area contributed by atoms with Crippen LogP contribution >= 0.6 is 11.6 Å². The van der Waals surface area contributed by atoms with Gasteiger partial charge in [0.25, 0.3) is 0 Å². The number of amides is 1. The number of H-pyrrole nitrogens is 1. The van der Waals surface area contributed by atoms with Crippen molar-refractivity contribution in [3.05, 3.63) is 65.1 Å². The summed E-state index contributed by atoms with van der Waals surface area (Å²) in [4.78, 5) is 20.4. The van der Waals surface area contributed by atoms with Crippen molar-refractivity contribution in [2.24, 2.45) is 0 Å². The summed E-state index contributed by atoms with van der Waals surface area (Å²) in [5, 5.41) is 1.67. The Balaban J connectivity index is 1.52. The fourth-order valence-corrected chi connectivity index (χ4v) is 4.16. The molecule has 6 heteroatoms. The zero-order chi connectivity index (χ0) is 19.9. The standard InChI is InChI=1S/C22H23ClFN3O/c1-22(2,17-14-25-19-13-15(23)7-8-16(17)19)21(28)27-11-9-26(10-12-27)20-6-4-3-5-18(20)24/h3-8,13-14,25H,9-12H2,1-2H3. The smallest absolute Gasteiger partial charge is 0.232 e. The molecule has 1 aromatic heterocycles. The molecule has 0 bridgehead atoms. The van der Waals surface area contributed by atoms with Crippen molar-refractivity contribution >= 4 is 34.1 Å². The van der Waals surface area contributed by atoms with Crippen LogP contribution in [0.1, 0.15) is 19.4 Å². The average molecular weight is 400 g/mol. The molecule has 2 aromatic carbocycles. The number of anilines is 1. The monoisotopic (exact) mass is 399 g/mol. The molecule has 1 aliphatic rings. The van der Waals surface area contributed by atoms with E-state index in [-0.39, 0.29) is 11.7 Å². The molecule has 1 saturated heterocycles. The largest absolute Gasteiger partial charge is 0.366 e. The van der Waals surface area contributed by atoms with Gasteiger partial charge < -0.3 is 14.8 Å². The quantitative estimate of drug-likeness (QED) is 0.699. The van der Waals surface area contributed by atoms with E-state index in [2.05, 4.69) is 4.98 Å². The van der Waals surface area contributed by atoms with Gasteiger partial charge in [-0.1, -0.05) is 29.8 Å². The van der Waals surface area contributed by atoms with Crippen molar-refractivity contribution in [3.8, 4) is 0 Å². The van der Waals surface area contributed by atoms with E-state index in [1.165, 1.54) is 6.07 Å². The van der Waals surface area contributed by atoms with Gasteiger partial charge in [0.2, 0.25) is 5.91 Å². The molecule has 4 nitrogen and oxygen atoms in total. The van der Waals surface area contributed by atoms with Gasteiger partial charge in [-0.3, -0.25) is 4.79 Å². The summed E-state index contributed by atoms with van der Waals surface area (Å²) in [5.74, 6) is -0.142. The Morgan fingerprint density at radius 1 is 1.11 bits per heavy atom. The second-order valence-electron chi connectivity index (χ2n) is 7.75. The first-order valence-corrected chi connectivity index (χ1v) is 9.81. The molecule has 0 radical (unpaired) electrons. The predicted octanol–water partition coefficient (Wildman–Crippen LogP) is 4.59. The number of aromatic nitrogens is 1. The zero-order valence-electron chi connectivity index (χ0n) is 16.0. The number of fused-ring (bicyclic) bond motifs is 1. The summed E-state index contributed by atoms with van der Waals surface area (Å²) in [7, 11) is 0. The Labute approximate surface area is 168 Å². The van der Waals surface area contributed by atoms with E-state index < -0.39 is 5.41 Å². The SMILES string of the molecule is CC(C)(C(=O)N1CCN(c2ccccc2F)CC1)c1c[nH]c2cc(Cl)ccc12. The van der Waals surface area contributed by atoms with Crippen molar-refractivity contribution in [1.82, 2.24) is 9.88 Å². The van der Waals surface area contributed by atoms with E-state index in [9.17, 15) is 9.18 Å². The van der Waals surface area contributed by atoms with Crippen molar-refractivity contribution in [3.63, 3.8) is 0 Å². The molecule has 0 unspecified atom stereocenters. The normalized spacial score (nSPS) is 15.3. The van der Waals surface area contributed by atoms with Crippen molar-refractivity contribution < 1.29 is 9.18 Å². The lowest BCUT2D eigenvalue weighted by molar-refractivity contribution is -0.136. The lowest BCUT2D eigenvalue weighted by Gasteiger charge is -2.39. The number of carbonyl (C=O) groups is 1. The topological polar surface area (TPSA) is 39.3 Å². The Morgan fingerprint density at radius 3 is 2.54 bits per heavy atom. The molecular weight excluding hydrogens is 377 g/mol. The number of nitrogens with zero attached hydrogens (tertiary/aromatic N) is 2. The molecule has 1 N–H and O–H groups in total. The number of nitrogens with one attached hydrogen (secondary N) is 1. The summed E-state index contributed by atoms with van der Waals surface area (Å²) >= 11 is 6.08. The molecule has 1 fully saturated rings. The molecule has 0 spiro atoms. The number of benzene rings is 2. The molecular formula is C22H23ClFN3O. The fourth-order valence-electron chi connectivity index (χ4n) is 3.98. The van der Waals surface area contributed by atoms with Crippen LogP contribution < -0.4 is 4.90 Å². The minimum absolute atomic E-state index is 0.0801. The highest BCUT2D eigenvalue weighted by atomic mass is 35.5. The van der Waals surface area contributed by atoms with E-state index in [0.717, 1.165) is 16.5 Å².